The van der Waals surface area contributed by atoms with Crippen LogP contribution in [-0.4, -0.2) is 27.8 Å². The van der Waals surface area contributed by atoms with E-state index in [1.54, 1.807) is 12.3 Å². The molecule has 1 aliphatic heterocycles. The summed E-state index contributed by atoms with van der Waals surface area (Å²) >= 11 is 0. The Hall–Kier alpha value is -2.96. The van der Waals surface area contributed by atoms with Crippen molar-refractivity contribution in [1.29, 1.82) is 0 Å². The minimum atomic E-state index is -1.20. The van der Waals surface area contributed by atoms with Gasteiger partial charge in [-0.05, 0) is 12.0 Å². The van der Waals surface area contributed by atoms with E-state index in [1.807, 2.05) is 30.3 Å². The number of carboxylic acid groups (broad SMARTS) is 1. The molecule has 2 aromatic rings. The molecule has 1 unspecified atom stereocenters. The van der Waals surface area contributed by atoms with Crippen molar-refractivity contribution in [2.45, 2.75) is 12.8 Å². The van der Waals surface area contributed by atoms with E-state index < -0.39 is 6.09 Å². The number of ether oxygens (including phenoxy) is 2. The summed E-state index contributed by atoms with van der Waals surface area (Å²) in [5.74, 6) is 0.831. The van der Waals surface area contributed by atoms with Crippen LogP contribution in [0.1, 0.15) is 11.3 Å². The number of nitrogens with two attached hydrogens (primary N) is 1. The largest absolute Gasteiger partial charge is 0.463 e. The van der Waals surface area contributed by atoms with Crippen molar-refractivity contribution in [2.24, 2.45) is 5.92 Å². The molecule has 7 nitrogen and oxygen atoms in total. The minimum absolute atomic E-state index is 0.00329. The number of aromatic nitrogens is 2. The zero-order chi connectivity index (χ0) is 16.2. The van der Waals surface area contributed by atoms with Gasteiger partial charge in [-0.25, -0.2) is 4.79 Å². The van der Waals surface area contributed by atoms with E-state index in [0.717, 1.165) is 22.4 Å². The number of carbonyl (C=O) groups is 1. The van der Waals surface area contributed by atoms with Crippen LogP contribution in [0.25, 0.3) is 0 Å². The normalized spacial score (nSPS) is 14.7. The van der Waals surface area contributed by atoms with Crippen LogP contribution in [0.4, 0.5) is 10.6 Å². The Morgan fingerprint density at radius 1 is 1.35 bits per heavy atom. The summed E-state index contributed by atoms with van der Waals surface area (Å²) in [6, 6.07) is 11.6. The van der Waals surface area contributed by atoms with Crippen LogP contribution in [0, 0.1) is 5.92 Å². The third kappa shape index (κ3) is 3.45. The number of hydrogen-bond acceptors (Lipinski definition) is 5. The monoisotopic (exact) mass is 315 g/mol. The molecule has 120 valence electrons. The maximum atomic E-state index is 11.0. The molecular formula is C16H17N3O4. The van der Waals surface area contributed by atoms with Crippen molar-refractivity contribution in [3.05, 3.63) is 59.7 Å². The first kappa shape index (κ1) is 15.0. The fraction of sp³-hybridized carbons (Fsp3) is 0.250. The van der Waals surface area contributed by atoms with E-state index in [2.05, 4.69) is 5.10 Å². The van der Waals surface area contributed by atoms with Gasteiger partial charge >= 0.3 is 6.09 Å². The van der Waals surface area contributed by atoms with Gasteiger partial charge in [0, 0.05) is 18.4 Å². The van der Waals surface area contributed by atoms with Crippen LogP contribution in [0.2, 0.25) is 0 Å². The van der Waals surface area contributed by atoms with E-state index in [0.29, 0.717) is 12.1 Å². The molecule has 0 saturated heterocycles. The standard InChI is InChI=1S/C16H17N3O4/c17-15-8-13(18-19(15)16(20)21)7-12(14-9-22-10-23-14)6-11-4-2-1-3-5-11/h1-5,8-9,12H,6-7,10,17H2,(H,20,21). The lowest BCUT2D eigenvalue weighted by atomic mass is 9.93. The van der Waals surface area contributed by atoms with Crippen LogP contribution in [-0.2, 0) is 22.3 Å². The second-order valence-corrected chi connectivity index (χ2v) is 5.29. The van der Waals surface area contributed by atoms with E-state index in [4.69, 9.17) is 20.3 Å². The fourth-order valence-corrected chi connectivity index (χ4v) is 2.59. The molecule has 7 heteroatoms. The molecule has 1 aromatic carbocycles. The lowest BCUT2D eigenvalue weighted by Gasteiger charge is -2.15. The average molecular weight is 315 g/mol. The predicted molar refractivity (Wildman–Crippen MR) is 82.5 cm³/mol. The maximum Gasteiger partial charge on any atom is 0.434 e. The highest BCUT2D eigenvalue weighted by molar-refractivity contribution is 5.71. The molecule has 23 heavy (non-hydrogen) atoms. The van der Waals surface area contributed by atoms with Crippen molar-refractivity contribution < 1.29 is 19.4 Å². The second kappa shape index (κ2) is 6.43. The van der Waals surface area contributed by atoms with Gasteiger partial charge in [0.2, 0.25) is 6.79 Å². The Bertz CT molecular complexity index is 724. The highest BCUT2D eigenvalue weighted by Crippen LogP contribution is 2.26. The Balaban J connectivity index is 1.81. The molecule has 1 atom stereocenters. The molecule has 3 rings (SSSR count). The van der Waals surface area contributed by atoms with E-state index >= 15 is 0 Å². The van der Waals surface area contributed by atoms with Crippen LogP contribution in [0.5, 0.6) is 0 Å². The molecule has 0 bridgehead atoms. The smallest absolute Gasteiger partial charge is 0.434 e. The van der Waals surface area contributed by atoms with Crippen LogP contribution in [0.3, 0.4) is 0 Å². The molecule has 0 aliphatic carbocycles. The topological polar surface area (TPSA) is 99.6 Å². The molecular weight excluding hydrogens is 298 g/mol. The number of hydrogen-bond donors (Lipinski definition) is 2. The van der Waals surface area contributed by atoms with E-state index in [9.17, 15) is 4.79 Å². The van der Waals surface area contributed by atoms with Gasteiger partial charge in [0.1, 0.15) is 17.8 Å². The quantitative estimate of drug-likeness (QED) is 0.877. The zero-order valence-corrected chi connectivity index (χ0v) is 12.4. The molecule has 0 radical (unpaired) electrons. The number of nitrogen functional groups attached to an aromatic ring is 1. The number of anilines is 1. The van der Waals surface area contributed by atoms with Crippen molar-refractivity contribution >= 4 is 11.9 Å². The molecule has 0 spiro atoms. The number of nitrogens with zero attached hydrogens (tertiary/aromatic N) is 2. The highest BCUT2D eigenvalue weighted by Gasteiger charge is 2.23. The third-order valence-electron chi connectivity index (χ3n) is 3.64. The van der Waals surface area contributed by atoms with Gasteiger partial charge in [-0.1, -0.05) is 30.3 Å². The van der Waals surface area contributed by atoms with E-state index in [-0.39, 0.29) is 18.5 Å². The predicted octanol–water partition coefficient (Wildman–Crippen LogP) is 2.24. The van der Waals surface area contributed by atoms with Crippen LogP contribution in [0.15, 0.2) is 48.4 Å². The van der Waals surface area contributed by atoms with Crippen LogP contribution < -0.4 is 5.73 Å². The van der Waals surface area contributed by atoms with Gasteiger partial charge in [-0.15, -0.1) is 4.68 Å². The van der Waals surface area contributed by atoms with Crippen molar-refractivity contribution in [1.82, 2.24) is 9.78 Å². The first-order valence-electron chi connectivity index (χ1n) is 7.19. The maximum absolute atomic E-state index is 11.0. The SMILES string of the molecule is Nc1cc(CC(Cc2ccccc2)C2=COCO2)nn1C(=O)O. The molecule has 1 aliphatic rings. The Morgan fingerprint density at radius 2 is 2.13 bits per heavy atom. The summed E-state index contributed by atoms with van der Waals surface area (Å²) in [5, 5.41) is 13.1. The number of benzene rings is 1. The summed E-state index contributed by atoms with van der Waals surface area (Å²) in [6.07, 6.45) is 1.64. The van der Waals surface area contributed by atoms with Crippen molar-refractivity contribution in [2.75, 3.05) is 12.5 Å². The van der Waals surface area contributed by atoms with Gasteiger partial charge in [-0.2, -0.15) is 5.10 Å². The van der Waals surface area contributed by atoms with Gasteiger partial charge in [-0.3, -0.25) is 0 Å². The third-order valence-corrected chi connectivity index (χ3v) is 3.64. The highest BCUT2D eigenvalue weighted by atomic mass is 16.7. The molecule has 0 fully saturated rings. The lowest BCUT2D eigenvalue weighted by molar-refractivity contribution is 0.0703. The van der Waals surface area contributed by atoms with Gasteiger partial charge in [0.15, 0.2) is 0 Å². The average Bonchev–Trinajstić information content (AvgIpc) is 3.17. The van der Waals surface area contributed by atoms with Gasteiger partial charge in [0.25, 0.3) is 0 Å². The number of allylic oxidation sites excluding steroid dienone is 1. The van der Waals surface area contributed by atoms with Crippen molar-refractivity contribution in [3.8, 4) is 0 Å². The summed E-state index contributed by atoms with van der Waals surface area (Å²) in [5.41, 5.74) is 7.42. The summed E-state index contributed by atoms with van der Waals surface area (Å²) in [4.78, 5) is 11.0. The van der Waals surface area contributed by atoms with Gasteiger partial charge in [0.05, 0.1) is 5.69 Å². The second-order valence-electron chi connectivity index (χ2n) is 5.29. The first-order valence-corrected chi connectivity index (χ1v) is 7.19. The Morgan fingerprint density at radius 3 is 2.74 bits per heavy atom. The molecule has 0 amide bonds. The lowest BCUT2D eigenvalue weighted by Crippen LogP contribution is -2.15. The zero-order valence-electron chi connectivity index (χ0n) is 12.4. The van der Waals surface area contributed by atoms with Crippen molar-refractivity contribution in [3.63, 3.8) is 0 Å². The molecule has 1 aromatic heterocycles. The summed E-state index contributed by atoms with van der Waals surface area (Å²) in [7, 11) is 0. The molecule has 0 saturated carbocycles. The van der Waals surface area contributed by atoms with E-state index in [1.165, 1.54) is 0 Å². The minimum Gasteiger partial charge on any atom is -0.463 e. The molecule has 2 heterocycles. The fourth-order valence-electron chi connectivity index (χ4n) is 2.59. The summed E-state index contributed by atoms with van der Waals surface area (Å²) in [6.45, 7) is 0.201. The Labute approximate surface area is 132 Å². The van der Waals surface area contributed by atoms with Gasteiger partial charge < -0.3 is 20.3 Å². The number of rotatable bonds is 5. The summed E-state index contributed by atoms with van der Waals surface area (Å²) < 4.78 is 11.4. The first-order chi connectivity index (χ1) is 11.1. The molecule has 3 N–H and O–H groups in total. The Kier molecular flexibility index (Phi) is 4.18. The van der Waals surface area contributed by atoms with Crippen LogP contribution >= 0.6 is 0 Å².